The second-order valence-corrected chi connectivity index (χ2v) is 3.22. The summed E-state index contributed by atoms with van der Waals surface area (Å²) in [4.78, 5) is 13.6. The first-order valence-corrected chi connectivity index (χ1v) is 2.71. The molecule has 0 aliphatic heterocycles. The van der Waals surface area contributed by atoms with E-state index in [1.807, 2.05) is 0 Å². The van der Waals surface area contributed by atoms with Gasteiger partial charge < -0.3 is 0 Å². The van der Waals surface area contributed by atoms with Gasteiger partial charge in [-0.25, -0.2) is 10.1 Å². The van der Waals surface area contributed by atoms with Crippen LogP contribution in [-0.2, 0) is 14.7 Å². The predicted molar refractivity (Wildman–Crippen MR) is 30.1 cm³/mol. The Balaban J connectivity index is 3.74. The maximum absolute atomic E-state index is 10.2. The molecular weight excluding hydrogens is 194 g/mol. The molecule has 0 heterocycles. The van der Waals surface area contributed by atoms with E-state index in [0.717, 1.165) is 0 Å². The van der Waals surface area contributed by atoms with E-state index in [2.05, 4.69) is 9.93 Å². The predicted octanol–water partition coefficient (Wildman–Crippen LogP) is 1.30. The second-order valence-electron chi connectivity index (χ2n) is 0.943. The fraction of sp³-hybridized carbons (Fsp3) is 0.500. The molecule has 1 N–H and O–H groups in total. The van der Waals surface area contributed by atoms with Crippen LogP contribution in [0.2, 0.25) is 0 Å². The highest BCUT2D eigenvalue weighted by Gasteiger charge is 2.34. The lowest BCUT2D eigenvalue weighted by Gasteiger charge is -2.04. The van der Waals surface area contributed by atoms with Crippen molar-refractivity contribution in [1.82, 2.24) is 0 Å². The molecule has 0 aromatic rings. The van der Waals surface area contributed by atoms with Crippen molar-refractivity contribution in [1.29, 1.82) is 0 Å². The summed E-state index contributed by atoms with van der Waals surface area (Å²) in [5, 5.41) is 10.4. The summed E-state index contributed by atoms with van der Waals surface area (Å²) in [7, 11) is 0. The van der Waals surface area contributed by atoms with Gasteiger partial charge in [0.15, 0.2) is 0 Å². The molecule has 0 amide bonds. The maximum Gasteiger partial charge on any atom is 0.396 e. The molecule has 9 heavy (non-hydrogen) atoms. The van der Waals surface area contributed by atoms with Crippen molar-refractivity contribution in [2.45, 2.75) is 3.79 Å². The Labute approximate surface area is 65.1 Å². The monoisotopic (exact) mass is 194 g/mol. The topological polar surface area (TPSA) is 55.8 Å². The highest BCUT2D eigenvalue weighted by Crippen LogP contribution is 2.27. The molecule has 0 rings (SSSR count). The highest BCUT2D eigenvalue weighted by molar-refractivity contribution is 6.75. The van der Waals surface area contributed by atoms with Crippen molar-refractivity contribution in [3.8, 4) is 0 Å². The summed E-state index contributed by atoms with van der Waals surface area (Å²) in [6, 6.07) is 0. The Bertz CT molecular complexity index is 107. The Kier molecular flexibility index (Phi) is 3.53. The molecule has 0 aromatic carbocycles. The molecule has 0 aliphatic rings. The molecule has 4 nitrogen and oxygen atoms in total. The van der Waals surface area contributed by atoms with Crippen LogP contribution in [0, 0.1) is 0 Å². The van der Waals surface area contributed by atoms with E-state index < -0.39 is 9.76 Å². The van der Waals surface area contributed by atoms with Crippen LogP contribution in [-0.4, -0.2) is 15.0 Å². The molecule has 0 aliphatic carbocycles. The van der Waals surface area contributed by atoms with Crippen molar-refractivity contribution in [3.05, 3.63) is 0 Å². The summed E-state index contributed by atoms with van der Waals surface area (Å²) in [6.45, 7) is 0. The minimum absolute atomic E-state index is 1.31. The summed E-state index contributed by atoms with van der Waals surface area (Å²) in [5.74, 6) is -1.31. The van der Waals surface area contributed by atoms with Crippen molar-refractivity contribution in [2.24, 2.45) is 0 Å². The zero-order chi connectivity index (χ0) is 7.49. The van der Waals surface area contributed by atoms with Crippen molar-refractivity contribution >= 4 is 40.8 Å². The van der Waals surface area contributed by atoms with Gasteiger partial charge in [-0.1, -0.05) is 34.8 Å². The van der Waals surface area contributed by atoms with Gasteiger partial charge in [-0.05, 0) is 5.04 Å². The highest BCUT2D eigenvalue weighted by atomic mass is 35.6. The number of hydrogen-bond donors (Lipinski definition) is 1. The quantitative estimate of drug-likeness (QED) is 0.389. The third-order valence-corrected chi connectivity index (χ3v) is 0.807. The van der Waals surface area contributed by atoms with Gasteiger partial charge in [0.2, 0.25) is 0 Å². The fourth-order valence-corrected chi connectivity index (χ4v) is 0.176. The number of carbonyl (C=O) groups is 1. The average molecular weight is 195 g/mol. The lowest BCUT2D eigenvalue weighted by Crippen LogP contribution is -2.21. The van der Waals surface area contributed by atoms with Gasteiger partial charge in [0, 0.05) is 0 Å². The van der Waals surface area contributed by atoms with E-state index >= 15 is 0 Å². The SMILES string of the molecule is O=C(OOO)C(Cl)(Cl)Cl. The van der Waals surface area contributed by atoms with Crippen molar-refractivity contribution < 1.29 is 20.0 Å². The van der Waals surface area contributed by atoms with Crippen LogP contribution in [0.5, 0.6) is 0 Å². The van der Waals surface area contributed by atoms with Crippen LogP contribution in [0.15, 0.2) is 0 Å². The van der Waals surface area contributed by atoms with Crippen molar-refractivity contribution in [3.63, 3.8) is 0 Å². The molecule has 0 radical (unpaired) electrons. The minimum Gasteiger partial charge on any atom is -0.264 e. The van der Waals surface area contributed by atoms with Crippen LogP contribution in [0.25, 0.3) is 0 Å². The zero-order valence-corrected chi connectivity index (χ0v) is 6.07. The molecule has 7 heteroatoms. The molecule has 0 unspecified atom stereocenters. The van der Waals surface area contributed by atoms with Crippen LogP contribution >= 0.6 is 34.8 Å². The lowest BCUT2D eigenvalue weighted by molar-refractivity contribution is -0.462. The summed E-state index contributed by atoms with van der Waals surface area (Å²) in [6.07, 6.45) is 0. The summed E-state index contributed by atoms with van der Waals surface area (Å²) in [5.41, 5.74) is 0. The Morgan fingerprint density at radius 2 is 1.89 bits per heavy atom. The molecule has 0 saturated carbocycles. The van der Waals surface area contributed by atoms with Crippen LogP contribution < -0.4 is 0 Å². The summed E-state index contributed by atoms with van der Waals surface area (Å²) >= 11 is 14.8. The first kappa shape index (κ1) is 9.26. The molecule has 0 atom stereocenters. The Morgan fingerprint density at radius 1 is 1.44 bits per heavy atom. The third kappa shape index (κ3) is 3.77. The lowest BCUT2D eigenvalue weighted by atomic mass is 10.8. The zero-order valence-electron chi connectivity index (χ0n) is 3.81. The molecule has 0 aromatic heterocycles. The van der Waals surface area contributed by atoms with E-state index in [9.17, 15) is 4.79 Å². The van der Waals surface area contributed by atoms with Gasteiger partial charge >= 0.3 is 5.97 Å². The van der Waals surface area contributed by atoms with E-state index in [4.69, 9.17) is 40.1 Å². The molecular formula is C2HCl3O4. The average Bonchev–Trinajstić information content (AvgIpc) is 1.64. The van der Waals surface area contributed by atoms with E-state index in [1.54, 1.807) is 0 Å². The van der Waals surface area contributed by atoms with E-state index in [0.29, 0.717) is 0 Å². The minimum atomic E-state index is -2.22. The number of rotatable bonds is 1. The summed E-state index contributed by atoms with van der Waals surface area (Å²) < 4.78 is -2.22. The normalized spacial score (nSPS) is 11.1. The number of hydrogen-bond acceptors (Lipinski definition) is 4. The standard InChI is InChI=1S/C2HCl3O4/c3-2(4,5)1(6)8-9-7/h7H. The van der Waals surface area contributed by atoms with E-state index in [-0.39, 0.29) is 0 Å². The number of alkyl halides is 3. The second kappa shape index (κ2) is 3.43. The van der Waals surface area contributed by atoms with Gasteiger partial charge in [-0.3, -0.25) is 4.89 Å². The van der Waals surface area contributed by atoms with Gasteiger partial charge in [0.25, 0.3) is 3.79 Å². The van der Waals surface area contributed by atoms with E-state index in [1.165, 1.54) is 0 Å². The van der Waals surface area contributed by atoms with Gasteiger partial charge in [-0.2, -0.15) is 0 Å². The van der Waals surface area contributed by atoms with Crippen molar-refractivity contribution in [2.75, 3.05) is 0 Å². The molecule has 0 bridgehead atoms. The maximum atomic E-state index is 10.2. The van der Waals surface area contributed by atoms with Crippen LogP contribution in [0.3, 0.4) is 0 Å². The van der Waals surface area contributed by atoms with Gasteiger partial charge in [0.05, 0.1) is 0 Å². The third-order valence-electron chi connectivity index (χ3n) is 0.344. The first-order valence-electron chi connectivity index (χ1n) is 1.57. The Morgan fingerprint density at radius 3 is 2.00 bits per heavy atom. The molecule has 0 saturated heterocycles. The molecule has 54 valence electrons. The number of carbonyl (C=O) groups excluding carboxylic acids is 1. The Hall–Kier alpha value is 0.260. The molecule has 0 spiro atoms. The smallest absolute Gasteiger partial charge is 0.264 e. The number of halogens is 3. The largest absolute Gasteiger partial charge is 0.396 e. The fourth-order valence-electron chi connectivity index (χ4n) is 0.0811. The first-order chi connectivity index (χ1) is 3.98. The van der Waals surface area contributed by atoms with Crippen LogP contribution in [0.1, 0.15) is 0 Å². The van der Waals surface area contributed by atoms with Gasteiger partial charge in [-0.15, -0.1) is 0 Å². The van der Waals surface area contributed by atoms with Gasteiger partial charge in [0.1, 0.15) is 0 Å². The molecule has 0 fully saturated rings. The van der Waals surface area contributed by atoms with Crippen LogP contribution in [0.4, 0.5) is 0 Å².